The zero-order valence-corrected chi connectivity index (χ0v) is 21.6. The molecule has 0 spiro atoms. The first kappa shape index (κ1) is 25.8. The number of nitrogens with zero attached hydrogens (tertiary/aromatic N) is 1. The summed E-state index contributed by atoms with van der Waals surface area (Å²) in [7, 11) is 2.99. The topological polar surface area (TPSA) is 85.3 Å². The normalized spacial score (nSPS) is 16.8. The van der Waals surface area contributed by atoms with Gasteiger partial charge in [-0.05, 0) is 60.4 Å². The van der Waals surface area contributed by atoms with Gasteiger partial charge in [0.25, 0.3) is 11.7 Å². The Kier molecular flexibility index (Phi) is 7.53. The molecule has 0 radical (unpaired) electrons. The molecule has 7 nitrogen and oxygen atoms in total. The number of ether oxygens (including phenoxy) is 3. The lowest BCUT2D eigenvalue weighted by Crippen LogP contribution is -2.29. The highest BCUT2D eigenvalue weighted by Gasteiger charge is 2.47. The van der Waals surface area contributed by atoms with E-state index in [2.05, 4.69) is 13.8 Å². The molecule has 1 unspecified atom stereocenters. The van der Waals surface area contributed by atoms with Crippen molar-refractivity contribution in [1.29, 1.82) is 0 Å². The number of ketones is 1. The van der Waals surface area contributed by atoms with E-state index >= 15 is 0 Å². The number of aliphatic hydroxyl groups excluding tert-OH is 1. The van der Waals surface area contributed by atoms with Crippen molar-refractivity contribution in [2.45, 2.75) is 32.7 Å². The minimum Gasteiger partial charge on any atom is -0.507 e. The Hall–Kier alpha value is -4.26. The van der Waals surface area contributed by atoms with Gasteiger partial charge in [0.1, 0.15) is 23.0 Å². The van der Waals surface area contributed by atoms with Gasteiger partial charge in [-0.2, -0.15) is 0 Å². The van der Waals surface area contributed by atoms with E-state index < -0.39 is 17.7 Å². The van der Waals surface area contributed by atoms with Crippen LogP contribution >= 0.6 is 0 Å². The third kappa shape index (κ3) is 4.89. The average molecular weight is 502 g/mol. The average Bonchev–Trinajstić information content (AvgIpc) is 3.18. The first-order chi connectivity index (χ1) is 17.8. The number of hydrogen-bond donors (Lipinski definition) is 1. The van der Waals surface area contributed by atoms with E-state index in [1.54, 1.807) is 42.5 Å². The van der Waals surface area contributed by atoms with Crippen molar-refractivity contribution in [3.05, 3.63) is 89.0 Å². The number of anilines is 1. The minimum atomic E-state index is -0.854. The first-order valence-corrected chi connectivity index (χ1v) is 12.2. The molecule has 3 aromatic carbocycles. The van der Waals surface area contributed by atoms with Gasteiger partial charge in [0.2, 0.25) is 0 Å². The van der Waals surface area contributed by atoms with Crippen LogP contribution in [-0.2, 0) is 9.59 Å². The SMILES string of the molecule is CCOc1ccc(C2/C(=C(/O)c3ccc(OC)cc3OC)C(=O)C(=O)N2c2ccc(C(C)C)cc2)cc1. The number of benzene rings is 3. The molecule has 7 heteroatoms. The lowest BCUT2D eigenvalue weighted by atomic mass is 9.94. The summed E-state index contributed by atoms with van der Waals surface area (Å²) in [5.41, 5.74) is 2.59. The summed E-state index contributed by atoms with van der Waals surface area (Å²) < 4.78 is 16.3. The third-order valence-electron chi connectivity index (χ3n) is 6.45. The lowest BCUT2D eigenvalue weighted by Gasteiger charge is -2.26. The maximum atomic E-state index is 13.5. The number of amides is 1. The fourth-order valence-corrected chi connectivity index (χ4v) is 4.49. The standard InChI is InChI=1S/C30H31NO6/c1-6-37-22-13-9-20(10-14-22)27-26(28(32)24-16-15-23(35-4)17-25(24)36-5)29(33)30(34)31(27)21-11-7-19(8-12-21)18(2)3/h7-18,27,32H,6H2,1-5H3/b28-26-. The smallest absolute Gasteiger partial charge is 0.300 e. The van der Waals surface area contributed by atoms with Gasteiger partial charge < -0.3 is 19.3 Å². The van der Waals surface area contributed by atoms with Crippen molar-refractivity contribution in [3.63, 3.8) is 0 Å². The van der Waals surface area contributed by atoms with Crippen LogP contribution in [0.1, 0.15) is 49.4 Å². The Morgan fingerprint density at radius 3 is 2.14 bits per heavy atom. The fraction of sp³-hybridized carbons (Fsp3) is 0.267. The molecule has 1 heterocycles. The number of aliphatic hydroxyl groups is 1. The van der Waals surface area contributed by atoms with Crippen LogP contribution in [0.4, 0.5) is 5.69 Å². The largest absolute Gasteiger partial charge is 0.507 e. The molecular weight excluding hydrogens is 470 g/mol. The first-order valence-electron chi connectivity index (χ1n) is 12.2. The second kappa shape index (κ2) is 10.8. The van der Waals surface area contributed by atoms with Crippen molar-refractivity contribution in [3.8, 4) is 17.2 Å². The number of hydrogen-bond acceptors (Lipinski definition) is 6. The number of Topliss-reactive ketones (excluding diaryl/α,β-unsaturated/α-hetero) is 1. The maximum absolute atomic E-state index is 13.5. The van der Waals surface area contributed by atoms with Gasteiger partial charge in [-0.15, -0.1) is 0 Å². The highest BCUT2D eigenvalue weighted by atomic mass is 16.5. The van der Waals surface area contributed by atoms with Gasteiger partial charge in [0, 0.05) is 11.8 Å². The fourth-order valence-electron chi connectivity index (χ4n) is 4.49. The molecule has 192 valence electrons. The Morgan fingerprint density at radius 2 is 1.57 bits per heavy atom. The van der Waals surface area contributed by atoms with Gasteiger partial charge in [-0.25, -0.2) is 0 Å². The molecule has 1 amide bonds. The van der Waals surface area contributed by atoms with E-state index in [4.69, 9.17) is 14.2 Å². The molecule has 1 saturated heterocycles. The van der Waals surface area contributed by atoms with Gasteiger partial charge >= 0.3 is 0 Å². The van der Waals surface area contributed by atoms with Gasteiger partial charge in [0.05, 0.1) is 38.0 Å². The van der Waals surface area contributed by atoms with Crippen LogP contribution in [0.15, 0.2) is 72.3 Å². The van der Waals surface area contributed by atoms with Crippen LogP contribution in [0.25, 0.3) is 5.76 Å². The molecule has 1 aliphatic heterocycles. The van der Waals surface area contributed by atoms with E-state index in [0.29, 0.717) is 41.0 Å². The molecule has 1 N–H and O–H groups in total. The Bertz CT molecular complexity index is 1330. The van der Waals surface area contributed by atoms with Crippen molar-refractivity contribution in [2.75, 3.05) is 25.7 Å². The quantitative estimate of drug-likeness (QED) is 0.237. The number of carbonyl (C=O) groups excluding carboxylic acids is 2. The summed E-state index contributed by atoms with van der Waals surface area (Å²) in [5, 5.41) is 11.5. The Labute approximate surface area is 216 Å². The van der Waals surface area contributed by atoms with Crippen molar-refractivity contribution in [1.82, 2.24) is 0 Å². The van der Waals surface area contributed by atoms with Gasteiger partial charge in [0.15, 0.2) is 0 Å². The predicted molar refractivity (Wildman–Crippen MR) is 142 cm³/mol. The van der Waals surface area contributed by atoms with E-state index in [1.165, 1.54) is 19.1 Å². The molecule has 3 aromatic rings. The maximum Gasteiger partial charge on any atom is 0.300 e. The molecule has 1 aliphatic rings. The minimum absolute atomic E-state index is 0.0226. The summed E-state index contributed by atoms with van der Waals surface area (Å²) in [4.78, 5) is 28.3. The second-order valence-corrected chi connectivity index (χ2v) is 8.98. The second-order valence-electron chi connectivity index (χ2n) is 8.98. The molecule has 0 aromatic heterocycles. The molecule has 1 fully saturated rings. The zero-order chi connectivity index (χ0) is 26.7. The van der Waals surface area contributed by atoms with E-state index in [1.807, 2.05) is 31.2 Å². The van der Waals surface area contributed by atoms with Crippen LogP contribution in [0.5, 0.6) is 17.2 Å². The van der Waals surface area contributed by atoms with Crippen LogP contribution < -0.4 is 19.1 Å². The van der Waals surface area contributed by atoms with E-state index in [9.17, 15) is 14.7 Å². The van der Waals surface area contributed by atoms with Crippen LogP contribution in [0, 0.1) is 0 Å². The molecule has 1 atom stereocenters. The molecular formula is C30H31NO6. The zero-order valence-electron chi connectivity index (χ0n) is 21.6. The predicted octanol–water partition coefficient (Wildman–Crippen LogP) is 5.85. The number of carbonyl (C=O) groups is 2. The molecule has 0 bridgehead atoms. The molecule has 37 heavy (non-hydrogen) atoms. The van der Waals surface area contributed by atoms with Crippen LogP contribution in [0.3, 0.4) is 0 Å². The Morgan fingerprint density at radius 1 is 0.919 bits per heavy atom. The monoisotopic (exact) mass is 501 g/mol. The molecule has 0 saturated carbocycles. The summed E-state index contributed by atoms with van der Waals surface area (Å²) in [6.07, 6.45) is 0. The van der Waals surface area contributed by atoms with Gasteiger partial charge in [-0.3, -0.25) is 14.5 Å². The lowest BCUT2D eigenvalue weighted by molar-refractivity contribution is -0.132. The van der Waals surface area contributed by atoms with Crippen LogP contribution in [0.2, 0.25) is 0 Å². The van der Waals surface area contributed by atoms with E-state index in [-0.39, 0.29) is 16.9 Å². The number of methoxy groups -OCH3 is 2. The van der Waals surface area contributed by atoms with Crippen molar-refractivity contribution in [2.24, 2.45) is 0 Å². The summed E-state index contributed by atoms with van der Waals surface area (Å²) in [6.45, 7) is 6.58. The van der Waals surface area contributed by atoms with Crippen molar-refractivity contribution < 1.29 is 28.9 Å². The number of rotatable bonds is 8. The summed E-state index contributed by atoms with van der Waals surface area (Å²) >= 11 is 0. The van der Waals surface area contributed by atoms with Crippen molar-refractivity contribution >= 4 is 23.1 Å². The highest BCUT2D eigenvalue weighted by molar-refractivity contribution is 6.51. The summed E-state index contributed by atoms with van der Waals surface area (Å²) in [6, 6.07) is 18.7. The Balaban J connectivity index is 1.91. The van der Waals surface area contributed by atoms with E-state index in [0.717, 1.165) is 5.56 Å². The van der Waals surface area contributed by atoms with Gasteiger partial charge in [-0.1, -0.05) is 38.1 Å². The molecule has 4 rings (SSSR count). The third-order valence-corrected chi connectivity index (χ3v) is 6.45. The summed E-state index contributed by atoms with van der Waals surface area (Å²) in [5.74, 6) is 0.0117. The highest BCUT2D eigenvalue weighted by Crippen LogP contribution is 2.44. The molecule has 0 aliphatic carbocycles. The van der Waals surface area contributed by atoms with Crippen LogP contribution in [-0.4, -0.2) is 37.6 Å².